The van der Waals surface area contributed by atoms with Crippen molar-refractivity contribution in [2.24, 2.45) is 0 Å². The first-order valence-corrected chi connectivity index (χ1v) is 9.43. The number of aryl methyl sites for hydroxylation is 1. The summed E-state index contributed by atoms with van der Waals surface area (Å²) in [4.78, 5) is 28.2. The van der Waals surface area contributed by atoms with Crippen LogP contribution in [0.25, 0.3) is 0 Å². The summed E-state index contributed by atoms with van der Waals surface area (Å²) in [7, 11) is 1.52. The third-order valence-electron chi connectivity index (χ3n) is 4.25. The number of benzene rings is 1. The zero-order valence-electron chi connectivity index (χ0n) is 17.6. The highest BCUT2D eigenvalue weighted by Crippen LogP contribution is 2.25. The van der Waals surface area contributed by atoms with Crippen molar-refractivity contribution in [1.29, 1.82) is 5.26 Å². The largest absolute Gasteiger partial charge is 0.495 e. The lowest BCUT2D eigenvalue weighted by atomic mass is 10.2. The monoisotopic (exact) mass is 400 g/mol. The molecule has 1 N–H and O–H groups in total. The second-order valence-electron chi connectivity index (χ2n) is 7.82. The van der Waals surface area contributed by atoms with Gasteiger partial charge in [0.2, 0.25) is 0 Å². The number of ether oxygens (including phenoxy) is 2. The van der Waals surface area contributed by atoms with Crippen LogP contribution in [0.4, 0.5) is 10.5 Å². The van der Waals surface area contributed by atoms with Gasteiger partial charge in [-0.05, 0) is 45.4 Å². The number of rotatable bonds is 4. The van der Waals surface area contributed by atoms with E-state index in [2.05, 4.69) is 5.32 Å². The predicted molar refractivity (Wildman–Crippen MR) is 109 cm³/mol. The number of carbonyl (C=O) groups is 2. The first-order chi connectivity index (χ1) is 13.6. The molecule has 0 unspecified atom stereocenters. The molecule has 0 aliphatic carbocycles. The fourth-order valence-corrected chi connectivity index (χ4v) is 2.79. The highest BCUT2D eigenvalue weighted by atomic mass is 16.6. The zero-order chi connectivity index (χ0) is 21.6. The third kappa shape index (κ3) is 6.42. The number of nitriles is 1. The van der Waals surface area contributed by atoms with E-state index in [-0.39, 0.29) is 11.7 Å². The molecule has 1 aromatic rings. The van der Waals surface area contributed by atoms with Crippen LogP contribution >= 0.6 is 0 Å². The van der Waals surface area contributed by atoms with Gasteiger partial charge in [-0.2, -0.15) is 5.26 Å². The van der Waals surface area contributed by atoms with Gasteiger partial charge >= 0.3 is 6.09 Å². The Morgan fingerprint density at radius 2 is 1.86 bits per heavy atom. The second-order valence-corrected chi connectivity index (χ2v) is 7.82. The molecule has 1 heterocycles. The van der Waals surface area contributed by atoms with Crippen LogP contribution < -0.4 is 10.1 Å². The van der Waals surface area contributed by atoms with Gasteiger partial charge < -0.3 is 24.6 Å². The Kier molecular flexibility index (Phi) is 7.10. The van der Waals surface area contributed by atoms with E-state index in [0.717, 1.165) is 5.56 Å². The standard InChI is InChI=1S/C21H28N4O4/c1-15-6-7-18(28-5)17(12-15)23-19(26)16(13-22)14-24-8-10-25(11-9-24)20(27)29-21(2,3)4/h6-7,12,14H,8-11H2,1-5H3,(H,23,26)/b16-14-. The van der Waals surface area contributed by atoms with Gasteiger partial charge in [0, 0.05) is 32.4 Å². The first kappa shape index (κ1) is 22.1. The summed E-state index contributed by atoms with van der Waals surface area (Å²) < 4.78 is 10.6. The van der Waals surface area contributed by atoms with Crippen LogP contribution in [0.1, 0.15) is 26.3 Å². The number of nitrogens with zero attached hydrogens (tertiary/aromatic N) is 3. The molecular weight excluding hydrogens is 372 g/mol. The molecule has 29 heavy (non-hydrogen) atoms. The van der Waals surface area contributed by atoms with Crippen LogP contribution in [0.15, 0.2) is 30.0 Å². The average molecular weight is 400 g/mol. The van der Waals surface area contributed by atoms with E-state index in [4.69, 9.17) is 9.47 Å². The number of methoxy groups -OCH3 is 1. The minimum Gasteiger partial charge on any atom is -0.495 e. The summed E-state index contributed by atoms with van der Waals surface area (Å²) in [5, 5.41) is 12.2. The Bertz CT molecular complexity index is 828. The summed E-state index contributed by atoms with van der Waals surface area (Å²) in [5.41, 5.74) is 0.909. The quantitative estimate of drug-likeness (QED) is 0.617. The van der Waals surface area contributed by atoms with E-state index in [9.17, 15) is 14.9 Å². The fraction of sp³-hybridized carbons (Fsp3) is 0.476. The number of hydrogen-bond acceptors (Lipinski definition) is 6. The van der Waals surface area contributed by atoms with E-state index in [1.165, 1.54) is 13.3 Å². The molecule has 8 heteroatoms. The van der Waals surface area contributed by atoms with Crippen molar-refractivity contribution in [1.82, 2.24) is 9.80 Å². The van der Waals surface area contributed by atoms with E-state index >= 15 is 0 Å². The highest BCUT2D eigenvalue weighted by Gasteiger charge is 2.25. The molecule has 0 spiro atoms. The van der Waals surface area contributed by atoms with Gasteiger partial charge in [-0.3, -0.25) is 4.79 Å². The SMILES string of the molecule is COc1ccc(C)cc1NC(=O)/C(C#N)=C\N1CCN(C(=O)OC(C)(C)C)CC1. The van der Waals surface area contributed by atoms with Gasteiger partial charge in [0.15, 0.2) is 0 Å². The maximum atomic E-state index is 12.6. The van der Waals surface area contributed by atoms with Gasteiger partial charge in [-0.25, -0.2) is 4.79 Å². The van der Waals surface area contributed by atoms with Crippen LogP contribution in [0, 0.1) is 18.3 Å². The van der Waals surface area contributed by atoms with Gasteiger partial charge in [-0.15, -0.1) is 0 Å². The van der Waals surface area contributed by atoms with Crippen LogP contribution in [0.5, 0.6) is 5.75 Å². The Morgan fingerprint density at radius 3 is 2.41 bits per heavy atom. The topological polar surface area (TPSA) is 94.9 Å². The van der Waals surface area contributed by atoms with Gasteiger partial charge in [0.25, 0.3) is 5.91 Å². The smallest absolute Gasteiger partial charge is 0.410 e. The van der Waals surface area contributed by atoms with E-state index in [1.807, 2.05) is 44.7 Å². The molecule has 1 saturated heterocycles. The Balaban J connectivity index is 2.00. The summed E-state index contributed by atoms with van der Waals surface area (Å²) >= 11 is 0. The molecule has 0 atom stereocenters. The van der Waals surface area contributed by atoms with Crippen LogP contribution in [-0.2, 0) is 9.53 Å². The lowest BCUT2D eigenvalue weighted by Crippen LogP contribution is -2.48. The summed E-state index contributed by atoms with van der Waals surface area (Å²) in [6.07, 6.45) is 1.18. The molecule has 8 nitrogen and oxygen atoms in total. The molecule has 1 aliphatic heterocycles. The molecule has 2 rings (SSSR count). The second kappa shape index (κ2) is 9.32. The molecule has 0 radical (unpaired) electrons. The maximum absolute atomic E-state index is 12.6. The number of piperazine rings is 1. The minimum atomic E-state index is -0.545. The molecule has 0 saturated carbocycles. The lowest BCUT2D eigenvalue weighted by Gasteiger charge is -2.35. The molecule has 0 bridgehead atoms. The summed E-state index contributed by atoms with van der Waals surface area (Å²) in [6, 6.07) is 7.37. The Hall–Kier alpha value is -3.21. The van der Waals surface area contributed by atoms with E-state index < -0.39 is 11.5 Å². The van der Waals surface area contributed by atoms with Crippen LogP contribution in [0.2, 0.25) is 0 Å². The number of amides is 2. The van der Waals surface area contributed by atoms with Gasteiger partial charge in [0.05, 0.1) is 12.8 Å². The Morgan fingerprint density at radius 1 is 1.21 bits per heavy atom. The van der Waals surface area contributed by atoms with Gasteiger partial charge in [-0.1, -0.05) is 6.07 Å². The van der Waals surface area contributed by atoms with Crippen LogP contribution in [0.3, 0.4) is 0 Å². The maximum Gasteiger partial charge on any atom is 0.410 e. The van der Waals surface area contributed by atoms with Crippen molar-refractivity contribution in [3.63, 3.8) is 0 Å². The highest BCUT2D eigenvalue weighted by molar-refractivity contribution is 6.07. The molecular formula is C21H28N4O4. The Labute approximate surface area is 171 Å². The van der Waals surface area contributed by atoms with Gasteiger partial charge in [0.1, 0.15) is 23.0 Å². The predicted octanol–water partition coefficient (Wildman–Crippen LogP) is 2.90. The van der Waals surface area contributed by atoms with Crippen LogP contribution in [-0.4, -0.2) is 60.7 Å². The molecule has 1 aromatic carbocycles. The number of anilines is 1. The van der Waals surface area contributed by atoms with Crippen molar-refractivity contribution in [2.45, 2.75) is 33.3 Å². The van der Waals surface area contributed by atoms with Crippen molar-refractivity contribution in [3.8, 4) is 11.8 Å². The molecule has 1 aliphatic rings. The van der Waals surface area contributed by atoms with E-state index in [0.29, 0.717) is 37.6 Å². The summed E-state index contributed by atoms with van der Waals surface area (Å²) in [5.74, 6) is 0.0122. The van der Waals surface area contributed by atoms with Crippen molar-refractivity contribution in [2.75, 3.05) is 38.6 Å². The summed E-state index contributed by atoms with van der Waals surface area (Å²) in [6.45, 7) is 9.30. The zero-order valence-corrected chi connectivity index (χ0v) is 17.6. The molecule has 156 valence electrons. The lowest BCUT2D eigenvalue weighted by molar-refractivity contribution is -0.112. The molecule has 2 amide bonds. The molecule has 1 fully saturated rings. The van der Waals surface area contributed by atoms with Crippen molar-refractivity contribution in [3.05, 3.63) is 35.5 Å². The normalized spacial score (nSPS) is 14.8. The average Bonchev–Trinajstić information content (AvgIpc) is 2.65. The number of carbonyl (C=O) groups excluding carboxylic acids is 2. The first-order valence-electron chi connectivity index (χ1n) is 9.43. The fourth-order valence-electron chi connectivity index (χ4n) is 2.79. The third-order valence-corrected chi connectivity index (χ3v) is 4.25. The number of nitrogens with one attached hydrogen (secondary N) is 1. The van der Waals surface area contributed by atoms with E-state index in [1.54, 1.807) is 17.0 Å². The number of hydrogen-bond donors (Lipinski definition) is 1. The minimum absolute atomic E-state index is 0.0146. The van der Waals surface area contributed by atoms with Crippen molar-refractivity contribution < 1.29 is 19.1 Å². The molecule has 0 aromatic heterocycles. The van der Waals surface area contributed by atoms with Crippen molar-refractivity contribution >= 4 is 17.7 Å².